The molecule has 1 unspecified atom stereocenters. The van der Waals surface area contributed by atoms with Crippen molar-refractivity contribution >= 4 is 33.9 Å². The Bertz CT molecular complexity index is 3140. The van der Waals surface area contributed by atoms with E-state index in [1.54, 1.807) is 54.6 Å². The number of hydrogen-bond acceptors (Lipinski definition) is 16. The zero-order valence-corrected chi connectivity index (χ0v) is 42.7. The Labute approximate surface area is 414 Å². The third-order valence-electron chi connectivity index (χ3n) is 12.8. The molecule has 2 aliphatic heterocycles. The van der Waals surface area contributed by atoms with Crippen molar-refractivity contribution in [1.29, 1.82) is 5.26 Å². The highest BCUT2D eigenvalue weighted by Crippen LogP contribution is 2.54. The van der Waals surface area contributed by atoms with Crippen molar-refractivity contribution in [3.63, 3.8) is 0 Å². The molecule has 0 saturated carbocycles. The van der Waals surface area contributed by atoms with Gasteiger partial charge in [-0.25, -0.2) is 18.9 Å². The van der Waals surface area contributed by atoms with Gasteiger partial charge >= 0.3 is 25.2 Å². The number of carbonyl (C=O) groups is 3. The van der Waals surface area contributed by atoms with E-state index in [2.05, 4.69) is 0 Å². The van der Waals surface area contributed by atoms with Crippen LogP contribution in [0.5, 0.6) is 0 Å². The second-order valence-corrected chi connectivity index (χ2v) is 25.3. The predicted molar refractivity (Wildman–Crippen MR) is 262 cm³/mol. The fourth-order valence-electron chi connectivity index (χ4n) is 7.78. The monoisotopic (exact) mass is 1030 g/mol. The van der Waals surface area contributed by atoms with Crippen LogP contribution in [-0.4, -0.2) is 88.6 Å². The molecule has 2 aromatic heterocycles. The van der Waals surface area contributed by atoms with Gasteiger partial charge in [0.25, 0.3) is 22.9 Å². The summed E-state index contributed by atoms with van der Waals surface area (Å²) in [4.78, 5) is 95.6. The lowest BCUT2D eigenvalue weighted by Gasteiger charge is -2.37. The molecule has 2 aliphatic rings. The number of aryl methyl sites for hydroxylation is 2. The fourth-order valence-corrected chi connectivity index (χ4v) is 10.2. The number of rotatable bonds is 17. The third-order valence-corrected chi connectivity index (χ3v) is 18.8. The topological polar surface area (TPSA) is 245 Å². The van der Waals surface area contributed by atoms with Gasteiger partial charge in [0.1, 0.15) is 36.9 Å². The maximum Gasteiger partial charge on any atom is 0.475 e. The molecular weight excluding hydrogens is 970 g/mol. The lowest BCUT2D eigenvalue weighted by molar-refractivity contribution is -0.0622. The van der Waals surface area contributed by atoms with Crippen molar-refractivity contribution in [2.24, 2.45) is 0 Å². The Kier molecular flexibility index (Phi) is 16.4. The highest BCUT2D eigenvalue weighted by Gasteiger charge is 2.48. The van der Waals surface area contributed by atoms with Crippen LogP contribution in [0, 0.1) is 25.2 Å². The van der Waals surface area contributed by atoms with Crippen LogP contribution in [0.25, 0.3) is 0 Å². The van der Waals surface area contributed by atoms with Gasteiger partial charge in [0.05, 0.1) is 37.9 Å². The highest BCUT2D eigenvalue weighted by molar-refractivity contribution is 7.48. The summed E-state index contributed by atoms with van der Waals surface area (Å²) in [5.74, 6) is -2.51. The van der Waals surface area contributed by atoms with Gasteiger partial charge in [-0.05, 0) is 68.4 Å². The molecule has 2 saturated heterocycles. The van der Waals surface area contributed by atoms with Gasteiger partial charge in [0, 0.05) is 47.5 Å². The molecule has 20 nitrogen and oxygen atoms in total. The van der Waals surface area contributed by atoms with E-state index in [4.69, 9.17) is 32.2 Å². The lowest BCUT2D eigenvalue weighted by atomic mass is 10.1. The molecule has 0 N–H and O–H groups in total. The van der Waals surface area contributed by atoms with Gasteiger partial charge in [-0.3, -0.25) is 41.9 Å². The van der Waals surface area contributed by atoms with Crippen LogP contribution in [0.2, 0.25) is 18.1 Å². The Morgan fingerprint density at radius 2 is 1.14 bits per heavy atom. The van der Waals surface area contributed by atoms with E-state index in [1.807, 2.05) is 39.9 Å². The SMILES string of the molecule is Cc1cn([C@H]2C[C@H](OC(=O)c3ccccc3)[C@@H](COP(=O)(OCCC#N)O[C@H]3C[C@H](n4cc(C)c(=O)n(C(=O)c5ccccc5)c4=O)O[C@@H]3CO[Si](C)(C)C(C)(C)C)O2)c(=O)n(C(=O)c2ccccc2)c1=O. The Hall–Kier alpha value is -6.47. The number of aromatic nitrogens is 4. The van der Waals surface area contributed by atoms with Crippen molar-refractivity contribution in [2.45, 2.75) is 109 Å². The number of phosphoric ester groups is 1. The van der Waals surface area contributed by atoms with Crippen LogP contribution < -0.4 is 22.5 Å². The number of nitrogens with zero attached hydrogens (tertiary/aromatic N) is 5. The van der Waals surface area contributed by atoms with Crippen molar-refractivity contribution in [1.82, 2.24) is 18.3 Å². The maximum absolute atomic E-state index is 15.0. The Morgan fingerprint density at radius 3 is 1.60 bits per heavy atom. The first-order valence-corrected chi connectivity index (χ1v) is 27.5. The first-order valence-electron chi connectivity index (χ1n) is 23.2. The van der Waals surface area contributed by atoms with E-state index >= 15 is 0 Å². The summed E-state index contributed by atoms with van der Waals surface area (Å²) < 4.78 is 61.3. The standard InChI is InChI=1S/C50H56N5O15PSi/c1-32-28-52(48(61)54(43(32)56)45(58)34-18-11-8-12-19-34)41-26-37(69-47(60)36-22-15-10-16-23-36)39(67-41)30-65-71(63,64-25-17-24-51)70-38-27-42(68-40(38)31-66-72(6,7)50(3,4)5)53-29-33(2)44(57)55(49(53)62)46(59)35-20-13-9-14-21-35/h8-16,18-23,28-29,37-42H,17,25-27,30-31H2,1-7H3/t37-,38-,39+,40+,41+,42+,71?/m0/s1. The van der Waals surface area contributed by atoms with Crippen LogP contribution >= 0.6 is 7.82 Å². The molecule has 7 atom stereocenters. The van der Waals surface area contributed by atoms with E-state index in [1.165, 1.54) is 62.6 Å². The first kappa shape index (κ1) is 53.3. The quantitative estimate of drug-likeness (QED) is 0.0430. The average Bonchev–Trinajstić information content (AvgIpc) is 3.95. The second kappa shape index (κ2) is 22.1. The largest absolute Gasteiger partial charge is 0.475 e. The minimum atomic E-state index is -4.84. The van der Waals surface area contributed by atoms with Gasteiger partial charge in [0.2, 0.25) is 0 Å². The number of ether oxygens (including phenoxy) is 3. The zero-order valence-electron chi connectivity index (χ0n) is 40.8. The van der Waals surface area contributed by atoms with E-state index in [9.17, 15) is 43.4 Å². The number of benzene rings is 3. The number of carbonyl (C=O) groups excluding carboxylic acids is 3. The number of nitriles is 1. The van der Waals surface area contributed by atoms with Gasteiger partial charge in [-0.2, -0.15) is 14.4 Å². The molecule has 0 aliphatic carbocycles. The minimum Gasteiger partial charge on any atom is -0.456 e. The number of hydrogen-bond donors (Lipinski definition) is 0. The smallest absolute Gasteiger partial charge is 0.456 e. The van der Waals surface area contributed by atoms with E-state index in [-0.39, 0.29) is 58.7 Å². The molecule has 22 heteroatoms. The minimum absolute atomic E-state index is 0.0204. The van der Waals surface area contributed by atoms with Crippen LogP contribution in [0.3, 0.4) is 0 Å². The molecule has 380 valence electrons. The van der Waals surface area contributed by atoms with Crippen molar-refractivity contribution in [3.05, 3.63) is 173 Å². The molecule has 0 radical (unpaired) electrons. The molecule has 3 aromatic carbocycles. The number of esters is 1. The van der Waals surface area contributed by atoms with Gasteiger partial charge < -0.3 is 18.6 Å². The first-order chi connectivity index (χ1) is 34.1. The average molecular weight is 1030 g/mol. The van der Waals surface area contributed by atoms with Crippen LogP contribution in [0.15, 0.2) is 123 Å². The Morgan fingerprint density at radius 1 is 0.694 bits per heavy atom. The van der Waals surface area contributed by atoms with Crippen molar-refractivity contribution in [3.8, 4) is 6.07 Å². The zero-order chi connectivity index (χ0) is 52.1. The van der Waals surface area contributed by atoms with Crippen LogP contribution in [0.4, 0.5) is 0 Å². The summed E-state index contributed by atoms with van der Waals surface area (Å²) >= 11 is 0. The van der Waals surface area contributed by atoms with Crippen molar-refractivity contribution in [2.75, 3.05) is 19.8 Å². The molecule has 7 rings (SSSR count). The normalized spacial score (nSPS) is 20.9. The predicted octanol–water partition coefficient (Wildman–Crippen LogP) is 6.29. The van der Waals surface area contributed by atoms with Gasteiger partial charge in [-0.15, -0.1) is 0 Å². The molecule has 4 heterocycles. The summed E-state index contributed by atoms with van der Waals surface area (Å²) in [5, 5.41) is 9.18. The third kappa shape index (κ3) is 11.7. The lowest BCUT2D eigenvalue weighted by Crippen LogP contribution is -2.45. The molecule has 0 bridgehead atoms. The van der Waals surface area contributed by atoms with E-state index < -0.39 is 107 Å². The van der Waals surface area contributed by atoms with Crippen LogP contribution in [-0.2, 0) is 36.8 Å². The van der Waals surface area contributed by atoms with E-state index in [0.717, 1.165) is 9.13 Å². The summed E-state index contributed by atoms with van der Waals surface area (Å²) in [5.41, 5.74) is -3.31. The Balaban J connectivity index is 1.21. The molecule has 0 spiro atoms. The highest BCUT2D eigenvalue weighted by atomic mass is 31.2. The number of phosphoric acid groups is 1. The van der Waals surface area contributed by atoms with Crippen molar-refractivity contribution < 1.29 is 51.2 Å². The van der Waals surface area contributed by atoms with Gasteiger partial charge in [0.15, 0.2) is 8.32 Å². The summed E-state index contributed by atoms with van der Waals surface area (Å²) in [7, 11) is -7.35. The molecule has 0 amide bonds. The molecule has 2 fully saturated rings. The molecular formula is C50H56N5O15PSi. The van der Waals surface area contributed by atoms with Crippen LogP contribution in [0.1, 0.15) is 94.7 Å². The summed E-state index contributed by atoms with van der Waals surface area (Å²) in [6.07, 6.45) is -5.45. The summed E-state index contributed by atoms with van der Waals surface area (Å²) in [6, 6.07) is 25.5. The van der Waals surface area contributed by atoms with E-state index in [0.29, 0.717) is 9.13 Å². The second-order valence-electron chi connectivity index (χ2n) is 18.9. The maximum atomic E-state index is 15.0. The van der Waals surface area contributed by atoms with Gasteiger partial charge in [-0.1, -0.05) is 75.4 Å². The summed E-state index contributed by atoms with van der Waals surface area (Å²) in [6.45, 7) is 11.7. The molecule has 72 heavy (non-hydrogen) atoms. The molecule has 5 aromatic rings. The fraction of sp³-hybridized carbons (Fsp3) is 0.400.